The SMILES string of the molecule is CCCNC(CCCc1ccc(CC)s1)C1CC1. The average molecular weight is 265 g/mol. The van der Waals surface area contributed by atoms with Gasteiger partial charge in [-0.15, -0.1) is 11.3 Å². The molecule has 1 N–H and O–H groups in total. The second-order valence-corrected chi connectivity index (χ2v) is 6.76. The third-order valence-corrected chi connectivity index (χ3v) is 5.14. The summed E-state index contributed by atoms with van der Waals surface area (Å²) in [6.07, 6.45) is 9.36. The molecule has 2 rings (SSSR count). The van der Waals surface area contributed by atoms with Crippen molar-refractivity contribution in [1.82, 2.24) is 5.32 Å². The van der Waals surface area contributed by atoms with E-state index in [0.29, 0.717) is 0 Å². The Kier molecular flexibility index (Phi) is 5.71. The molecule has 1 aliphatic rings. The zero-order valence-electron chi connectivity index (χ0n) is 11.9. The first kappa shape index (κ1) is 14.1. The van der Waals surface area contributed by atoms with E-state index >= 15 is 0 Å². The number of rotatable bonds is 9. The van der Waals surface area contributed by atoms with E-state index in [1.807, 2.05) is 11.3 Å². The molecule has 18 heavy (non-hydrogen) atoms. The lowest BCUT2D eigenvalue weighted by molar-refractivity contribution is 0.425. The van der Waals surface area contributed by atoms with Crippen molar-refractivity contribution < 1.29 is 0 Å². The van der Waals surface area contributed by atoms with Crippen LogP contribution in [0.15, 0.2) is 12.1 Å². The molecule has 0 saturated heterocycles. The third kappa shape index (κ3) is 4.40. The molecular formula is C16H27NS. The quantitative estimate of drug-likeness (QED) is 0.697. The van der Waals surface area contributed by atoms with E-state index in [1.165, 1.54) is 56.4 Å². The largest absolute Gasteiger partial charge is 0.314 e. The van der Waals surface area contributed by atoms with Gasteiger partial charge in [0, 0.05) is 15.8 Å². The molecule has 1 saturated carbocycles. The normalized spacial score (nSPS) is 17.0. The fraction of sp³-hybridized carbons (Fsp3) is 0.750. The Balaban J connectivity index is 1.69. The van der Waals surface area contributed by atoms with Crippen LogP contribution in [0.25, 0.3) is 0 Å². The van der Waals surface area contributed by atoms with Gasteiger partial charge >= 0.3 is 0 Å². The van der Waals surface area contributed by atoms with E-state index in [4.69, 9.17) is 0 Å². The van der Waals surface area contributed by atoms with Crippen molar-refractivity contribution in [3.05, 3.63) is 21.9 Å². The lowest BCUT2D eigenvalue weighted by atomic mass is 10.0. The zero-order chi connectivity index (χ0) is 12.8. The van der Waals surface area contributed by atoms with Crippen LogP contribution in [-0.2, 0) is 12.8 Å². The third-order valence-electron chi connectivity index (χ3n) is 3.85. The van der Waals surface area contributed by atoms with E-state index < -0.39 is 0 Å². The van der Waals surface area contributed by atoms with E-state index in [2.05, 4.69) is 31.3 Å². The van der Waals surface area contributed by atoms with Crippen molar-refractivity contribution >= 4 is 11.3 Å². The molecule has 0 radical (unpaired) electrons. The molecular weight excluding hydrogens is 238 g/mol. The first-order valence-electron chi connectivity index (χ1n) is 7.64. The summed E-state index contributed by atoms with van der Waals surface area (Å²) >= 11 is 2.01. The second kappa shape index (κ2) is 7.30. The van der Waals surface area contributed by atoms with Gasteiger partial charge in [-0.1, -0.05) is 13.8 Å². The minimum Gasteiger partial charge on any atom is -0.314 e. The Hall–Kier alpha value is -0.340. The highest BCUT2D eigenvalue weighted by Gasteiger charge is 2.29. The van der Waals surface area contributed by atoms with Crippen LogP contribution < -0.4 is 5.32 Å². The van der Waals surface area contributed by atoms with Gasteiger partial charge in [-0.3, -0.25) is 0 Å². The van der Waals surface area contributed by atoms with E-state index in [9.17, 15) is 0 Å². The fourth-order valence-corrected chi connectivity index (χ4v) is 3.58. The molecule has 1 aromatic heterocycles. The van der Waals surface area contributed by atoms with Crippen molar-refractivity contribution in [2.75, 3.05) is 6.54 Å². The maximum atomic E-state index is 3.74. The zero-order valence-corrected chi connectivity index (χ0v) is 12.7. The van der Waals surface area contributed by atoms with Crippen LogP contribution in [0, 0.1) is 5.92 Å². The first-order chi connectivity index (χ1) is 8.83. The highest BCUT2D eigenvalue weighted by molar-refractivity contribution is 7.11. The Morgan fingerprint density at radius 3 is 2.67 bits per heavy atom. The van der Waals surface area contributed by atoms with Gasteiger partial charge < -0.3 is 5.32 Å². The lowest BCUT2D eigenvalue weighted by Gasteiger charge is -2.17. The molecule has 1 aliphatic carbocycles. The van der Waals surface area contributed by atoms with Crippen LogP contribution in [0.1, 0.15) is 55.7 Å². The number of thiophene rings is 1. The topological polar surface area (TPSA) is 12.0 Å². The summed E-state index contributed by atoms with van der Waals surface area (Å²) in [6.45, 7) is 5.70. The minimum absolute atomic E-state index is 0.801. The van der Waals surface area contributed by atoms with Crippen LogP contribution in [0.4, 0.5) is 0 Å². The monoisotopic (exact) mass is 265 g/mol. The summed E-state index contributed by atoms with van der Waals surface area (Å²) in [7, 11) is 0. The predicted octanol–water partition coefficient (Wildman–Crippen LogP) is 4.41. The average Bonchev–Trinajstić information content (AvgIpc) is 3.13. The summed E-state index contributed by atoms with van der Waals surface area (Å²) in [5.41, 5.74) is 0. The molecule has 0 bridgehead atoms. The van der Waals surface area contributed by atoms with Gasteiger partial charge in [-0.25, -0.2) is 0 Å². The highest BCUT2D eigenvalue weighted by atomic mass is 32.1. The molecule has 0 spiro atoms. The number of aryl methyl sites for hydroxylation is 2. The van der Waals surface area contributed by atoms with Crippen LogP contribution in [0.5, 0.6) is 0 Å². The molecule has 0 aliphatic heterocycles. The Bertz CT molecular complexity index is 341. The van der Waals surface area contributed by atoms with Gasteiger partial charge in [0.2, 0.25) is 0 Å². The maximum absolute atomic E-state index is 3.74. The highest BCUT2D eigenvalue weighted by Crippen LogP contribution is 2.34. The van der Waals surface area contributed by atoms with Crippen molar-refractivity contribution in [3.63, 3.8) is 0 Å². The molecule has 0 aromatic carbocycles. The van der Waals surface area contributed by atoms with Crippen LogP contribution >= 0.6 is 11.3 Å². The summed E-state index contributed by atoms with van der Waals surface area (Å²) in [6, 6.07) is 5.43. The molecule has 1 aromatic rings. The molecule has 0 amide bonds. The summed E-state index contributed by atoms with van der Waals surface area (Å²) < 4.78 is 0. The number of hydrogen-bond acceptors (Lipinski definition) is 2. The van der Waals surface area contributed by atoms with Crippen LogP contribution in [0.3, 0.4) is 0 Å². The molecule has 1 atom stereocenters. The first-order valence-corrected chi connectivity index (χ1v) is 8.46. The summed E-state index contributed by atoms with van der Waals surface area (Å²) in [4.78, 5) is 3.12. The van der Waals surface area contributed by atoms with Crippen molar-refractivity contribution in [2.45, 2.75) is 64.8 Å². The molecule has 1 nitrogen and oxygen atoms in total. The van der Waals surface area contributed by atoms with Gasteiger partial charge in [0.1, 0.15) is 0 Å². The Morgan fingerprint density at radius 1 is 1.28 bits per heavy atom. The smallest absolute Gasteiger partial charge is 0.00954 e. The molecule has 102 valence electrons. The van der Waals surface area contributed by atoms with E-state index in [-0.39, 0.29) is 0 Å². The maximum Gasteiger partial charge on any atom is 0.00954 e. The van der Waals surface area contributed by atoms with E-state index in [0.717, 1.165) is 12.0 Å². The number of hydrogen-bond donors (Lipinski definition) is 1. The van der Waals surface area contributed by atoms with Crippen molar-refractivity contribution in [3.8, 4) is 0 Å². The van der Waals surface area contributed by atoms with Crippen molar-refractivity contribution in [1.29, 1.82) is 0 Å². The second-order valence-electron chi connectivity index (χ2n) is 5.51. The van der Waals surface area contributed by atoms with Crippen LogP contribution in [-0.4, -0.2) is 12.6 Å². The van der Waals surface area contributed by atoms with Gasteiger partial charge in [0.25, 0.3) is 0 Å². The number of nitrogens with one attached hydrogen (secondary N) is 1. The van der Waals surface area contributed by atoms with Gasteiger partial charge in [0.15, 0.2) is 0 Å². The molecule has 2 heteroatoms. The predicted molar refractivity (Wildman–Crippen MR) is 81.4 cm³/mol. The molecule has 1 heterocycles. The van der Waals surface area contributed by atoms with Gasteiger partial charge in [-0.2, -0.15) is 0 Å². The summed E-state index contributed by atoms with van der Waals surface area (Å²) in [5.74, 6) is 0.992. The van der Waals surface area contributed by atoms with Crippen molar-refractivity contribution in [2.24, 2.45) is 5.92 Å². The fourth-order valence-electron chi connectivity index (χ4n) is 2.58. The lowest BCUT2D eigenvalue weighted by Crippen LogP contribution is -2.31. The Labute approximate surface area is 116 Å². The van der Waals surface area contributed by atoms with Crippen LogP contribution in [0.2, 0.25) is 0 Å². The molecule has 1 fully saturated rings. The Morgan fingerprint density at radius 2 is 2.06 bits per heavy atom. The summed E-state index contributed by atoms with van der Waals surface area (Å²) in [5, 5.41) is 3.74. The van der Waals surface area contributed by atoms with E-state index in [1.54, 1.807) is 4.88 Å². The van der Waals surface area contributed by atoms with Gasteiger partial charge in [-0.05, 0) is 69.5 Å². The van der Waals surface area contributed by atoms with Gasteiger partial charge in [0.05, 0.1) is 0 Å². The minimum atomic E-state index is 0.801. The molecule has 1 unspecified atom stereocenters. The standard InChI is InChI=1S/C16H27NS/c1-3-12-17-16(13-8-9-13)7-5-6-15-11-10-14(4-2)18-15/h10-11,13,16-17H,3-9,12H2,1-2H3.